The second-order valence-corrected chi connectivity index (χ2v) is 6.06. The highest BCUT2D eigenvalue weighted by molar-refractivity contribution is 5.72. The monoisotopic (exact) mass is 323 g/mol. The molecule has 2 rings (SSSR count). The molecule has 1 aromatic rings. The number of cyclic esters (lactones) is 1. The van der Waals surface area contributed by atoms with Crippen LogP contribution in [0.2, 0.25) is 0 Å². The maximum Gasteiger partial charge on any atom is 0.412 e. The van der Waals surface area contributed by atoms with Gasteiger partial charge in [-0.25, -0.2) is 4.79 Å². The third-order valence-corrected chi connectivity index (χ3v) is 4.81. The fourth-order valence-corrected chi connectivity index (χ4v) is 2.80. The summed E-state index contributed by atoms with van der Waals surface area (Å²) in [5.41, 5.74) is -1.26. The van der Waals surface area contributed by atoms with Gasteiger partial charge in [0.05, 0.1) is 14.2 Å². The average molecular weight is 323 g/mol. The molecule has 6 heteroatoms. The number of benzene rings is 1. The Morgan fingerprint density at radius 2 is 1.87 bits per heavy atom. The van der Waals surface area contributed by atoms with Gasteiger partial charge in [-0.3, -0.25) is 4.90 Å². The van der Waals surface area contributed by atoms with Gasteiger partial charge in [0.15, 0.2) is 22.8 Å². The minimum Gasteiger partial charge on any atom is -0.493 e. The number of carbonyl (C=O) groups excluding carboxylic acids is 1. The van der Waals surface area contributed by atoms with E-state index in [1.807, 2.05) is 25.1 Å². The highest BCUT2D eigenvalue weighted by atomic mass is 16.6. The molecule has 1 N–H and O–H groups in total. The highest BCUT2D eigenvalue weighted by Gasteiger charge is 2.57. The van der Waals surface area contributed by atoms with Crippen molar-refractivity contribution in [2.75, 3.05) is 20.8 Å². The van der Waals surface area contributed by atoms with Gasteiger partial charge in [-0.2, -0.15) is 0 Å². The van der Waals surface area contributed by atoms with Gasteiger partial charge in [-0.1, -0.05) is 13.0 Å². The molecule has 0 radical (unpaired) electrons. The molecule has 23 heavy (non-hydrogen) atoms. The first-order valence-corrected chi connectivity index (χ1v) is 7.73. The number of aliphatic hydroxyl groups is 1. The number of carbonyl (C=O) groups is 1. The van der Waals surface area contributed by atoms with Crippen LogP contribution in [0.25, 0.3) is 0 Å². The summed E-state index contributed by atoms with van der Waals surface area (Å²) >= 11 is 0. The Morgan fingerprint density at radius 3 is 2.39 bits per heavy atom. The van der Waals surface area contributed by atoms with Gasteiger partial charge in [0.1, 0.15) is 0 Å². The van der Waals surface area contributed by atoms with Crippen LogP contribution in [0.15, 0.2) is 18.2 Å². The number of ether oxygens (including phenoxy) is 3. The summed E-state index contributed by atoms with van der Waals surface area (Å²) in [7, 11) is 3.16. The molecule has 1 aliphatic rings. The van der Waals surface area contributed by atoms with Gasteiger partial charge < -0.3 is 19.3 Å². The van der Waals surface area contributed by atoms with E-state index in [4.69, 9.17) is 14.2 Å². The average Bonchev–Trinajstić information content (AvgIpc) is 2.70. The smallest absolute Gasteiger partial charge is 0.412 e. The number of methoxy groups -OCH3 is 2. The van der Waals surface area contributed by atoms with E-state index in [1.165, 1.54) is 4.90 Å². The maximum atomic E-state index is 12.1. The number of hydrogen-bond donors (Lipinski definition) is 1. The van der Waals surface area contributed by atoms with Crippen molar-refractivity contribution < 1.29 is 24.1 Å². The Balaban J connectivity index is 2.13. The van der Waals surface area contributed by atoms with Crippen LogP contribution in [0.4, 0.5) is 4.79 Å². The quantitative estimate of drug-likeness (QED) is 0.871. The Morgan fingerprint density at radius 1 is 1.22 bits per heavy atom. The van der Waals surface area contributed by atoms with Crippen molar-refractivity contribution in [2.24, 2.45) is 0 Å². The van der Waals surface area contributed by atoms with Crippen molar-refractivity contribution in [1.29, 1.82) is 0 Å². The largest absolute Gasteiger partial charge is 0.493 e. The molecule has 1 aliphatic heterocycles. The Labute approximate surface area is 136 Å². The zero-order valence-electron chi connectivity index (χ0n) is 14.4. The van der Waals surface area contributed by atoms with Gasteiger partial charge in [-0.15, -0.1) is 0 Å². The van der Waals surface area contributed by atoms with Crippen molar-refractivity contribution in [3.05, 3.63) is 23.8 Å². The van der Waals surface area contributed by atoms with Crippen molar-refractivity contribution in [3.8, 4) is 11.5 Å². The van der Waals surface area contributed by atoms with E-state index < -0.39 is 17.4 Å². The second-order valence-electron chi connectivity index (χ2n) is 6.06. The standard InChI is InChI=1S/C17H25NO5/c1-6-16(2)17(3,20)18(15(19)23-16)10-9-12-7-8-13(21-4)14(11-12)22-5/h7-8,11,20H,6,9-10H2,1-5H3. The lowest BCUT2D eigenvalue weighted by molar-refractivity contribution is -0.137. The second kappa shape index (κ2) is 6.28. The Kier molecular flexibility index (Phi) is 4.75. The molecule has 128 valence electrons. The van der Waals surface area contributed by atoms with E-state index in [0.717, 1.165) is 5.56 Å². The number of rotatable bonds is 6. The van der Waals surface area contributed by atoms with E-state index in [-0.39, 0.29) is 0 Å². The zero-order chi connectivity index (χ0) is 17.3. The van der Waals surface area contributed by atoms with Crippen LogP contribution in [0.5, 0.6) is 11.5 Å². The van der Waals surface area contributed by atoms with E-state index in [1.54, 1.807) is 28.1 Å². The summed E-state index contributed by atoms with van der Waals surface area (Å²) in [6.07, 6.45) is 0.629. The van der Waals surface area contributed by atoms with Crippen molar-refractivity contribution in [1.82, 2.24) is 4.90 Å². The third-order valence-electron chi connectivity index (χ3n) is 4.81. The molecule has 0 spiro atoms. The molecule has 1 aromatic carbocycles. The van der Waals surface area contributed by atoms with Crippen LogP contribution in [0.1, 0.15) is 32.8 Å². The lowest BCUT2D eigenvalue weighted by Crippen LogP contribution is -2.55. The number of amides is 1. The van der Waals surface area contributed by atoms with Crippen LogP contribution in [0.3, 0.4) is 0 Å². The number of nitrogens with zero attached hydrogens (tertiary/aromatic N) is 1. The molecule has 1 fully saturated rings. The summed E-state index contributed by atoms with van der Waals surface area (Å²) in [6.45, 7) is 5.62. The summed E-state index contributed by atoms with van der Waals surface area (Å²) in [5.74, 6) is 1.29. The molecule has 0 saturated carbocycles. The van der Waals surface area contributed by atoms with E-state index in [0.29, 0.717) is 30.9 Å². The summed E-state index contributed by atoms with van der Waals surface area (Å²) < 4.78 is 15.9. The van der Waals surface area contributed by atoms with E-state index in [9.17, 15) is 9.90 Å². The first-order valence-electron chi connectivity index (χ1n) is 7.73. The molecule has 0 aromatic heterocycles. The van der Waals surface area contributed by atoms with Gasteiger partial charge in [0.2, 0.25) is 0 Å². The van der Waals surface area contributed by atoms with Crippen LogP contribution in [-0.2, 0) is 11.2 Å². The van der Waals surface area contributed by atoms with Crippen LogP contribution >= 0.6 is 0 Å². The minimum absolute atomic E-state index is 0.358. The third kappa shape index (κ3) is 2.95. The fourth-order valence-electron chi connectivity index (χ4n) is 2.80. The van der Waals surface area contributed by atoms with Crippen LogP contribution in [-0.4, -0.2) is 48.2 Å². The molecule has 2 unspecified atom stereocenters. The lowest BCUT2D eigenvalue weighted by atomic mass is 9.90. The minimum atomic E-state index is -1.34. The molecular weight excluding hydrogens is 298 g/mol. The topological polar surface area (TPSA) is 68.2 Å². The van der Waals surface area contributed by atoms with E-state index >= 15 is 0 Å². The highest BCUT2D eigenvalue weighted by Crippen LogP contribution is 2.39. The van der Waals surface area contributed by atoms with Crippen molar-refractivity contribution in [2.45, 2.75) is 44.9 Å². The molecule has 1 saturated heterocycles. The molecule has 2 atom stereocenters. The van der Waals surface area contributed by atoms with Crippen LogP contribution in [0, 0.1) is 0 Å². The molecular formula is C17H25NO5. The van der Waals surface area contributed by atoms with Crippen molar-refractivity contribution >= 4 is 6.09 Å². The predicted molar refractivity (Wildman–Crippen MR) is 85.8 cm³/mol. The lowest BCUT2D eigenvalue weighted by Gasteiger charge is -2.36. The van der Waals surface area contributed by atoms with Gasteiger partial charge in [-0.05, 0) is 44.4 Å². The van der Waals surface area contributed by atoms with E-state index in [2.05, 4.69) is 0 Å². The summed E-state index contributed by atoms with van der Waals surface area (Å²) in [4.78, 5) is 13.5. The Hall–Kier alpha value is -1.95. The maximum absolute atomic E-state index is 12.1. The molecule has 6 nitrogen and oxygen atoms in total. The van der Waals surface area contributed by atoms with Crippen LogP contribution < -0.4 is 9.47 Å². The molecule has 1 heterocycles. The summed E-state index contributed by atoms with van der Waals surface area (Å²) in [6, 6.07) is 5.61. The first kappa shape index (κ1) is 17.4. The van der Waals surface area contributed by atoms with Gasteiger partial charge >= 0.3 is 6.09 Å². The SMILES string of the molecule is CCC1(C)OC(=O)N(CCc2ccc(OC)c(OC)c2)C1(C)O. The predicted octanol–water partition coefficient (Wildman–Crippen LogP) is 2.58. The molecule has 0 bridgehead atoms. The fraction of sp³-hybridized carbons (Fsp3) is 0.588. The summed E-state index contributed by atoms with van der Waals surface area (Å²) in [5, 5.41) is 10.7. The first-order chi connectivity index (χ1) is 10.8. The van der Waals surface area contributed by atoms with Gasteiger partial charge in [0, 0.05) is 6.54 Å². The van der Waals surface area contributed by atoms with Crippen molar-refractivity contribution in [3.63, 3.8) is 0 Å². The number of hydrogen-bond acceptors (Lipinski definition) is 5. The molecule has 1 amide bonds. The van der Waals surface area contributed by atoms with Gasteiger partial charge in [0.25, 0.3) is 0 Å². The normalized spacial score (nSPS) is 27.0. The Bertz CT molecular complexity index is 586. The zero-order valence-corrected chi connectivity index (χ0v) is 14.4. The molecule has 0 aliphatic carbocycles.